The summed E-state index contributed by atoms with van der Waals surface area (Å²) >= 11 is 0. The van der Waals surface area contributed by atoms with Gasteiger partial charge in [0.2, 0.25) is 0 Å². The molecule has 2 N–H and O–H groups in total. The molecule has 0 radical (unpaired) electrons. The standard InChI is InChI=1S/C10H21NO4S/c1-2-16(12,13)7-3-4-9(11)10-8-14-5-6-15-10/h9-10H,2-8,11H2,1H3. The number of nitrogens with two attached hydrogens (primary N) is 1. The lowest BCUT2D eigenvalue weighted by atomic mass is 10.1. The molecule has 0 aliphatic carbocycles. The fraction of sp³-hybridized carbons (Fsp3) is 1.00. The van der Waals surface area contributed by atoms with Crippen molar-refractivity contribution < 1.29 is 17.9 Å². The molecule has 0 saturated carbocycles. The van der Waals surface area contributed by atoms with Gasteiger partial charge in [-0.3, -0.25) is 0 Å². The highest BCUT2D eigenvalue weighted by Crippen LogP contribution is 2.09. The lowest BCUT2D eigenvalue weighted by Crippen LogP contribution is -2.43. The third-order valence-electron chi connectivity index (χ3n) is 2.75. The molecule has 0 aromatic carbocycles. The van der Waals surface area contributed by atoms with E-state index in [0.29, 0.717) is 32.7 Å². The summed E-state index contributed by atoms with van der Waals surface area (Å²) in [6.45, 7) is 3.37. The zero-order valence-corrected chi connectivity index (χ0v) is 10.5. The molecule has 1 heterocycles. The molecule has 1 aliphatic rings. The molecule has 0 aromatic rings. The monoisotopic (exact) mass is 251 g/mol. The summed E-state index contributed by atoms with van der Waals surface area (Å²) in [5.41, 5.74) is 5.92. The Morgan fingerprint density at radius 2 is 2.19 bits per heavy atom. The molecule has 5 nitrogen and oxygen atoms in total. The SMILES string of the molecule is CCS(=O)(=O)CCCC(N)C1COCCO1. The Labute approximate surface area is 97.2 Å². The first kappa shape index (κ1) is 13.9. The number of ether oxygens (including phenoxy) is 2. The van der Waals surface area contributed by atoms with E-state index in [9.17, 15) is 8.42 Å². The second kappa shape index (κ2) is 6.54. The molecular formula is C10H21NO4S. The Kier molecular flexibility index (Phi) is 5.68. The van der Waals surface area contributed by atoms with E-state index in [1.807, 2.05) is 0 Å². The summed E-state index contributed by atoms with van der Waals surface area (Å²) in [6, 6.07) is -0.132. The predicted molar refractivity (Wildman–Crippen MR) is 62.1 cm³/mol. The summed E-state index contributed by atoms with van der Waals surface area (Å²) in [4.78, 5) is 0. The van der Waals surface area contributed by atoms with E-state index in [-0.39, 0.29) is 23.7 Å². The highest BCUT2D eigenvalue weighted by Gasteiger charge is 2.22. The fourth-order valence-corrected chi connectivity index (χ4v) is 2.52. The van der Waals surface area contributed by atoms with Crippen LogP contribution in [0.1, 0.15) is 19.8 Å². The minimum Gasteiger partial charge on any atom is -0.376 e. The number of rotatable bonds is 6. The second-order valence-electron chi connectivity index (χ2n) is 4.03. The van der Waals surface area contributed by atoms with Gasteiger partial charge in [0.05, 0.1) is 31.7 Å². The highest BCUT2D eigenvalue weighted by molar-refractivity contribution is 7.91. The minimum atomic E-state index is -2.87. The molecule has 16 heavy (non-hydrogen) atoms. The molecule has 0 bridgehead atoms. The average molecular weight is 251 g/mol. The normalized spacial score (nSPS) is 24.2. The highest BCUT2D eigenvalue weighted by atomic mass is 32.2. The minimum absolute atomic E-state index is 0.0851. The molecule has 2 unspecified atom stereocenters. The molecule has 0 aromatic heterocycles. The molecule has 1 fully saturated rings. The Morgan fingerprint density at radius 3 is 2.75 bits per heavy atom. The second-order valence-corrected chi connectivity index (χ2v) is 6.50. The van der Waals surface area contributed by atoms with Crippen molar-refractivity contribution in [2.24, 2.45) is 5.73 Å². The van der Waals surface area contributed by atoms with Gasteiger partial charge in [-0.15, -0.1) is 0 Å². The molecule has 1 aliphatic heterocycles. The van der Waals surface area contributed by atoms with Crippen molar-refractivity contribution in [3.63, 3.8) is 0 Å². The van der Waals surface area contributed by atoms with Crippen molar-refractivity contribution in [1.29, 1.82) is 0 Å². The van der Waals surface area contributed by atoms with Crippen LogP contribution in [0.25, 0.3) is 0 Å². The Balaban J connectivity index is 2.21. The van der Waals surface area contributed by atoms with Crippen molar-refractivity contribution in [2.75, 3.05) is 31.3 Å². The molecule has 96 valence electrons. The van der Waals surface area contributed by atoms with Gasteiger partial charge in [-0.1, -0.05) is 6.92 Å². The van der Waals surface area contributed by atoms with Crippen molar-refractivity contribution in [2.45, 2.75) is 31.9 Å². The Morgan fingerprint density at radius 1 is 1.44 bits per heavy atom. The molecule has 2 atom stereocenters. The summed E-state index contributed by atoms with van der Waals surface area (Å²) in [5.74, 6) is 0.413. The maximum Gasteiger partial charge on any atom is 0.150 e. The average Bonchev–Trinajstić information content (AvgIpc) is 2.30. The maximum atomic E-state index is 11.3. The number of sulfone groups is 1. The Bertz CT molecular complexity index is 285. The van der Waals surface area contributed by atoms with Crippen LogP contribution in [-0.2, 0) is 19.3 Å². The van der Waals surface area contributed by atoms with Crippen LogP contribution in [0.2, 0.25) is 0 Å². The van der Waals surface area contributed by atoms with Crippen LogP contribution in [-0.4, -0.2) is 51.9 Å². The Hall–Kier alpha value is -0.170. The maximum absolute atomic E-state index is 11.3. The summed E-state index contributed by atoms with van der Waals surface area (Å²) in [7, 11) is -2.87. The first-order valence-corrected chi connectivity index (χ1v) is 7.52. The van der Waals surface area contributed by atoms with Crippen molar-refractivity contribution in [3.05, 3.63) is 0 Å². The van der Waals surface area contributed by atoms with Crippen LogP contribution < -0.4 is 5.73 Å². The summed E-state index contributed by atoms with van der Waals surface area (Å²) in [5, 5.41) is 0. The van der Waals surface area contributed by atoms with Crippen LogP contribution in [0.3, 0.4) is 0 Å². The van der Waals surface area contributed by atoms with Crippen LogP contribution in [0.15, 0.2) is 0 Å². The van der Waals surface area contributed by atoms with Crippen molar-refractivity contribution in [1.82, 2.24) is 0 Å². The van der Waals surface area contributed by atoms with E-state index in [1.54, 1.807) is 6.92 Å². The van der Waals surface area contributed by atoms with Gasteiger partial charge < -0.3 is 15.2 Å². The quantitative estimate of drug-likeness (QED) is 0.715. The predicted octanol–water partition coefficient (Wildman–Crippen LogP) is -0.0560. The molecular weight excluding hydrogens is 230 g/mol. The van der Waals surface area contributed by atoms with Gasteiger partial charge in [0, 0.05) is 11.8 Å². The summed E-state index contributed by atoms with van der Waals surface area (Å²) < 4.78 is 33.2. The smallest absolute Gasteiger partial charge is 0.150 e. The molecule has 1 rings (SSSR count). The van der Waals surface area contributed by atoms with Gasteiger partial charge in [0.1, 0.15) is 9.84 Å². The lowest BCUT2D eigenvalue weighted by Gasteiger charge is -2.27. The lowest BCUT2D eigenvalue weighted by molar-refractivity contribution is -0.0976. The van der Waals surface area contributed by atoms with Gasteiger partial charge in [0.15, 0.2) is 0 Å². The topological polar surface area (TPSA) is 78.6 Å². The van der Waals surface area contributed by atoms with E-state index in [2.05, 4.69) is 0 Å². The third kappa shape index (κ3) is 4.78. The number of hydrogen-bond acceptors (Lipinski definition) is 5. The number of hydrogen-bond donors (Lipinski definition) is 1. The van der Waals surface area contributed by atoms with Gasteiger partial charge in [-0.05, 0) is 12.8 Å². The zero-order valence-electron chi connectivity index (χ0n) is 9.72. The first-order valence-electron chi connectivity index (χ1n) is 5.70. The van der Waals surface area contributed by atoms with Crippen molar-refractivity contribution >= 4 is 9.84 Å². The van der Waals surface area contributed by atoms with Crippen molar-refractivity contribution in [3.8, 4) is 0 Å². The van der Waals surface area contributed by atoms with Gasteiger partial charge in [-0.25, -0.2) is 8.42 Å². The first-order chi connectivity index (χ1) is 7.55. The largest absolute Gasteiger partial charge is 0.376 e. The van der Waals surface area contributed by atoms with E-state index in [4.69, 9.17) is 15.2 Å². The summed E-state index contributed by atoms with van der Waals surface area (Å²) in [6.07, 6.45) is 1.17. The molecule has 0 amide bonds. The zero-order chi connectivity index (χ0) is 12.0. The van der Waals surface area contributed by atoms with Crippen LogP contribution in [0.4, 0.5) is 0 Å². The molecule has 1 saturated heterocycles. The van der Waals surface area contributed by atoms with E-state index < -0.39 is 9.84 Å². The fourth-order valence-electron chi connectivity index (χ4n) is 1.62. The van der Waals surface area contributed by atoms with Crippen LogP contribution >= 0.6 is 0 Å². The third-order valence-corrected chi connectivity index (χ3v) is 4.54. The van der Waals surface area contributed by atoms with Gasteiger partial charge in [-0.2, -0.15) is 0 Å². The van der Waals surface area contributed by atoms with E-state index in [0.717, 1.165) is 0 Å². The molecule has 6 heteroatoms. The molecule has 0 spiro atoms. The van der Waals surface area contributed by atoms with Crippen LogP contribution in [0.5, 0.6) is 0 Å². The van der Waals surface area contributed by atoms with Gasteiger partial charge >= 0.3 is 0 Å². The van der Waals surface area contributed by atoms with Crippen LogP contribution in [0, 0.1) is 0 Å². The van der Waals surface area contributed by atoms with E-state index in [1.165, 1.54) is 0 Å². The van der Waals surface area contributed by atoms with E-state index >= 15 is 0 Å². The van der Waals surface area contributed by atoms with Gasteiger partial charge in [0.25, 0.3) is 0 Å².